The first-order valence-corrected chi connectivity index (χ1v) is 7.40. The van der Waals surface area contributed by atoms with Gasteiger partial charge < -0.3 is 10.2 Å². The second-order valence-electron chi connectivity index (χ2n) is 3.98. The highest BCUT2D eigenvalue weighted by Crippen LogP contribution is 2.12. The van der Waals surface area contributed by atoms with E-state index >= 15 is 0 Å². The molecule has 0 aliphatic carbocycles. The van der Waals surface area contributed by atoms with Crippen molar-refractivity contribution in [3.63, 3.8) is 0 Å². The van der Waals surface area contributed by atoms with Crippen LogP contribution >= 0.6 is 0 Å². The zero-order valence-corrected chi connectivity index (χ0v) is 10.9. The lowest BCUT2D eigenvalue weighted by molar-refractivity contribution is 0.670. The van der Waals surface area contributed by atoms with Gasteiger partial charge in [0.2, 0.25) is 0 Å². The van der Waals surface area contributed by atoms with Crippen LogP contribution in [0, 0.1) is 0 Å². The maximum absolute atomic E-state index is 11.3. The minimum atomic E-state index is -0.647. The summed E-state index contributed by atoms with van der Waals surface area (Å²) in [4.78, 5) is 10.9. The molecule has 2 heterocycles. The Hall–Kier alpha value is -1.01. The van der Waals surface area contributed by atoms with Crippen molar-refractivity contribution in [3.8, 4) is 0 Å². The molecule has 1 saturated heterocycles. The molecular weight excluding hydrogens is 236 g/mol. The smallest absolute Gasteiger partial charge is 0.147 e. The molecule has 1 aromatic rings. The van der Waals surface area contributed by atoms with Crippen molar-refractivity contribution in [3.05, 3.63) is 18.1 Å². The van der Waals surface area contributed by atoms with Gasteiger partial charge in [0, 0.05) is 48.1 Å². The van der Waals surface area contributed by atoms with Gasteiger partial charge in [-0.25, -0.2) is 4.98 Å². The molecule has 2 rings (SSSR count). The van der Waals surface area contributed by atoms with E-state index in [1.807, 2.05) is 0 Å². The van der Waals surface area contributed by atoms with Crippen molar-refractivity contribution in [1.82, 2.24) is 15.3 Å². The van der Waals surface area contributed by atoms with E-state index in [-0.39, 0.29) is 0 Å². The summed E-state index contributed by atoms with van der Waals surface area (Å²) in [5, 5.41) is 3.23. The highest BCUT2D eigenvalue weighted by Gasteiger charge is 2.16. The molecule has 0 amide bonds. The quantitative estimate of drug-likeness (QED) is 0.829. The van der Waals surface area contributed by atoms with Crippen LogP contribution in [-0.4, -0.2) is 45.3 Å². The summed E-state index contributed by atoms with van der Waals surface area (Å²) in [5.41, 5.74) is 0.955. The molecule has 0 spiro atoms. The topological polar surface area (TPSA) is 58.1 Å². The molecule has 1 N–H and O–H groups in total. The van der Waals surface area contributed by atoms with Crippen LogP contribution in [-0.2, 0) is 17.3 Å². The van der Waals surface area contributed by atoms with Gasteiger partial charge in [-0.1, -0.05) is 6.92 Å². The zero-order valence-electron chi connectivity index (χ0n) is 10.1. The number of nitrogens with one attached hydrogen (secondary N) is 1. The van der Waals surface area contributed by atoms with Crippen molar-refractivity contribution < 1.29 is 4.21 Å². The van der Waals surface area contributed by atoms with E-state index in [0.29, 0.717) is 0 Å². The van der Waals surface area contributed by atoms with E-state index in [4.69, 9.17) is 0 Å². The SMILES string of the molecule is CCNCc1cncc(N2CCS(=O)CC2)n1. The third kappa shape index (κ3) is 3.47. The molecule has 1 fully saturated rings. The number of rotatable bonds is 4. The summed E-state index contributed by atoms with van der Waals surface area (Å²) in [7, 11) is -0.647. The van der Waals surface area contributed by atoms with Crippen molar-refractivity contribution >= 4 is 16.6 Å². The number of anilines is 1. The van der Waals surface area contributed by atoms with Gasteiger partial charge in [0.25, 0.3) is 0 Å². The Bertz CT molecular complexity index is 389. The van der Waals surface area contributed by atoms with Crippen LogP contribution in [0.25, 0.3) is 0 Å². The summed E-state index contributed by atoms with van der Waals surface area (Å²) in [5.74, 6) is 2.37. The molecule has 0 radical (unpaired) electrons. The first-order chi connectivity index (χ1) is 8.29. The van der Waals surface area contributed by atoms with Gasteiger partial charge in [-0.15, -0.1) is 0 Å². The molecule has 6 heteroatoms. The summed E-state index contributed by atoms with van der Waals surface area (Å²) >= 11 is 0. The number of hydrogen-bond acceptors (Lipinski definition) is 5. The van der Waals surface area contributed by atoms with E-state index < -0.39 is 10.8 Å². The second-order valence-corrected chi connectivity index (χ2v) is 5.68. The van der Waals surface area contributed by atoms with E-state index in [2.05, 4.69) is 27.1 Å². The van der Waals surface area contributed by atoms with Gasteiger partial charge in [-0.2, -0.15) is 0 Å². The van der Waals surface area contributed by atoms with Crippen LogP contribution < -0.4 is 10.2 Å². The zero-order chi connectivity index (χ0) is 12.1. The molecule has 1 aromatic heterocycles. The van der Waals surface area contributed by atoms with Gasteiger partial charge in [0.1, 0.15) is 5.82 Å². The van der Waals surface area contributed by atoms with Crippen molar-refractivity contribution in [2.24, 2.45) is 0 Å². The molecule has 94 valence electrons. The fourth-order valence-corrected chi connectivity index (χ4v) is 2.80. The lowest BCUT2D eigenvalue weighted by Gasteiger charge is -2.27. The van der Waals surface area contributed by atoms with Crippen LogP contribution in [0.2, 0.25) is 0 Å². The van der Waals surface area contributed by atoms with Gasteiger partial charge in [-0.3, -0.25) is 9.19 Å². The van der Waals surface area contributed by atoms with Gasteiger partial charge in [0.15, 0.2) is 0 Å². The van der Waals surface area contributed by atoms with Gasteiger partial charge in [0.05, 0.1) is 11.9 Å². The second kappa shape index (κ2) is 6.07. The Morgan fingerprint density at radius 2 is 2.18 bits per heavy atom. The van der Waals surface area contributed by atoms with Crippen molar-refractivity contribution in [2.75, 3.05) is 36.0 Å². The van der Waals surface area contributed by atoms with Crippen molar-refractivity contribution in [2.45, 2.75) is 13.5 Å². The first kappa shape index (κ1) is 12.4. The van der Waals surface area contributed by atoms with Crippen molar-refractivity contribution in [1.29, 1.82) is 0 Å². The molecule has 0 aromatic carbocycles. The fourth-order valence-electron chi connectivity index (χ4n) is 1.75. The third-order valence-corrected chi connectivity index (χ3v) is 4.01. The summed E-state index contributed by atoms with van der Waals surface area (Å²) in [6.07, 6.45) is 3.57. The molecular formula is C11H18N4OS. The molecule has 17 heavy (non-hydrogen) atoms. The normalized spacial score (nSPS) is 17.4. The third-order valence-electron chi connectivity index (χ3n) is 2.73. The Labute approximate surface area is 104 Å². The Balaban J connectivity index is 2.02. The highest BCUT2D eigenvalue weighted by atomic mass is 32.2. The van der Waals surface area contributed by atoms with Crippen LogP contribution in [0.15, 0.2) is 12.4 Å². The lowest BCUT2D eigenvalue weighted by atomic mass is 10.4. The predicted octanol–water partition coefficient (Wildman–Crippen LogP) is 0.155. The molecule has 1 aliphatic rings. The molecule has 0 bridgehead atoms. The minimum Gasteiger partial charge on any atom is -0.353 e. The van der Waals surface area contributed by atoms with Crippen LogP contribution in [0.3, 0.4) is 0 Å². The van der Waals surface area contributed by atoms with E-state index in [1.165, 1.54) is 0 Å². The molecule has 0 unspecified atom stereocenters. The van der Waals surface area contributed by atoms with Gasteiger partial charge >= 0.3 is 0 Å². The van der Waals surface area contributed by atoms with Gasteiger partial charge in [-0.05, 0) is 6.54 Å². The van der Waals surface area contributed by atoms with Crippen LogP contribution in [0.5, 0.6) is 0 Å². The molecule has 5 nitrogen and oxygen atoms in total. The lowest BCUT2D eigenvalue weighted by Crippen LogP contribution is -2.38. The largest absolute Gasteiger partial charge is 0.353 e. The predicted molar refractivity (Wildman–Crippen MR) is 69.5 cm³/mol. The summed E-state index contributed by atoms with van der Waals surface area (Å²) in [6.45, 7) is 5.36. The monoisotopic (exact) mass is 254 g/mol. The maximum Gasteiger partial charge on any atom is 0.147 e. The molecule has 0 atom stereocenters. The standard InChI is InChI=1S/C11H18N4OS/c1-2-12-7-10-8-13-9-11(14-10)15-3-5-17(16)6-4-15/h8-9,12H,2-7H2,1H3. The summed E-state index contributed by atoms with van der Waals surface area (Å²) in [6, 6.07) is 0. The fraction of sp³-hybridized carbons (Fsp3) is 0.636. The highest BCUT2D eigenvalue weighted by molar-refractivity contribution is 7.85. The Morgan fingerprint density at radius 1 is 1.41 bits per heavy atom. The van der Waals surface area contributed by atoms with Crippen LogP contribution in [0.1, 0.15) is 12.6 Å². The molecule has 0 saturated carbocycles. The van der Waals surface area contributed by atoms with Crippen LogP contribution in [0.4, 0.5) is 5.82 Å². The first-order valence-electron chi connectivity index (χ1n) is 5.91. The average molecular weight is 254 g/mol. The molecule has 1 aliphatic heterocycles. The number of nitrogens with zero attached hydrogens (tertiary/aromatic N) is 3. The summed E-state index contributed by atoms with van der Waals surface area (Å²) < 4.78 is 11.3. The van der Waals surface area contributed by atoms with E-state index in [9.17, 15) is 4.21 Å². The maximum atomic E-state index is 11.3. The average Bonchev–Trinajstić information content (AvgIpc) is 2.37. The van der Waals surface area contributed by atoms with E-state index in [0.717, 1.165) is 49.2 Å². The van der Waals surface area contributed by atoms with E-state index in [1.54, 1.807) is 12.4 Å². The number of hydrogen-bond donors (Lipinski definition) is 1. The Morgan fingerprint density at radius 3 is 2.88 bits per heavy atom. The minimum absolute atomic E-state index is 0.647. The Kier molecular flexibility index (Phi) is 4.44. The number of aromatic nitrogens is 2.